The van der Waals surface area contributed by atoms with Gasteiger partial charge in [0.15, 0.2) is 18.9 Å². The summed E-state index contributed by atoms with van der Waals surface area (Å²) in [6, 6.07) is 6.41. The number of anilines is 1. The SMILES string of the molecule is CSCC(=O)N(c1cccs1)C1C(=O)N2C=C(C[n+]3ccc(C(=O)O)cc3)CS[C@H]12. The van der Waals surface area contributed by atoms with E-state index in [1.807, 2.05) is 34.5 Å². The van der Waals surface area contributed by atoms with Crippen molar-refractivity contribution in [2.24, 2.45) is 0 Å². The summed E-state index contributed by atoms with van der Waals surface area (Å²) < 4.78 is 1.89. The summed E-state index contributed by atoms with van der Waals surface area (Å²) in [5.74, 6) is 0.00340. The van der Waals surface area contributed by atoms with Gasteiger partial charge in [-0.3, -0.25) is 14.5 Å². The smallest absolute Gasteiger partial charge is 0.336 e. The molecule has 1 saturated heterocycles. The van der Waals surface area contributed by atoms with Gasteiger partial charge in [0.2, 0.25) is 5.91 Å². The number of fused-ring (bicyclic) bond motifs is 1. The highest BCUT2D eigenvalue weighted by molar-refractivity contribution is 8.00. The Kier molecular flexibility index (Phi) is 6.16. The molecule has 156 valence electrons. The average molecular weight is 463 g/mol. The number of amides is 2. The predicted molar refractivity (Wildman–Crippen MR) is 119 cm³/mol. The predicted octanol–water partition coefficient (Wildman–Crippen LogP) is 2.30. The molecule has 10 heteroatoms. The van der Waals surface area contributed by atoms with Crippen molar-refractivity contribution in [3.8, 4) is 0 Å². The summed E-state index contributed by atoms with van der Waals surface area (Å²) in [6.07, 6.45) is 7.21. The fourth-order valence-corrected chi connectivity index (χ4v) is 5.95. The first-order valence-corrected chi connectivity index (χ1v) is 12.5. The van der Waals surface area contributed by atoms with E-state index in [0.717, 1.165) is 16.3 Å². The zero-order valence-corrected chi connectivity index (χ0v) is 18.6. The standard InChI is InChI=1S/C20H19N3O4S3/c1-28-12-15(24)23(16-3-2-8-29-16)17-18(25)22-10-13(11-30-19(17)22)9-21-6-4-14(5-7-21)20(26)27/h2-8,10,17,19H,9,11-12H2,1H3/p+1/t17?,19-/m1/s1. The Morgan fingerprint density at radius 2 is 2.10 bits per heavy atom. The number of aromatic nitrogens is 1. The molecule has 2 atom stereocenters. The number of hydrogen-bond donors (Lipinski definition) is 1. The largest absolute Gasteiger partial charge is 0.478 e. The van der Waals surface area contributed by atoms with Gasteiger partial charge in [-0.15, -0.1) is 23.1 Å². The summed E-state index contributed by atoms with van der Waals surface area (Å²) in [7, 11) is 0. The van der Waals surface area contributed by atoms with E-state index in [9.17, 15) is 14.4 Å². The van der Waals surface area contributed by atoms with E-state index in [0.29, 0.717) is 12.3 Å². The van der Waals surface area contributed by atoms with Crippen LogP contribution in [0.25, 0.3) is 0 Å². The van der Waals surface area contributed by atoms with E-state index in [4.69, 9.17) is 5.11 Å². The van der Waals surface area contributed by atoms with Gasteiger partial charge in [-0.2, -0.15) is 11.8 Å². The Bertz CT molecular complexity index is 991. The number of aromatic carboxylic acids is 1. The van der Waals surface area contributed by atoms with Crippen molar-refractivity contribution in [1.29, 1.82) is 0 Å². The lowest BCUT2D eigenvalue weighted by Gasteiger charge is -2.50. The van der Waals surface area contributed by atoms with E-state index < -0.39 is 12.0 Å². The lowest BCUT2D eigenvalue weighted by molar-refractivity contribution is -0.689. The van der Waals surface area contributed by atoms with Crippen molar-refractivity contribution >= 4 is 57.6 Å². The third kappa shape index (κ3) is 3.99. The number of carboxylic acid groups (broad SMARTS) is 1. The van der Waals surface area contributed by atoms with Gasteiger partial charge >= 0.3 is 5.97 Å². The number of pyridine rings is 1. The molecule has 0 saturated carbocycles. The molecule has 0 bridgehead atoms. The molecule has 2 amide bonds. The second-order valence-corrected chi connectivity index (χ2v) is 9.79. The number of thioether (sulfide) groups is 2. The molecule has 2 aliphatic rings. The van der Waals surface area contributed by atoms with Crippen LogP contribution in [0, 0.1) is 0 Å². The average Bonchev–Trinajstić information content (AvgIpc) is 3.26. The summed E-state index contributed by atoms with van der Waals surface area (Å²) in [4.78, 5) is 40.1. The minimum absolute atomic E-state index is 0.0487. The van der Waals surface area contributed by atoms with Crippen LogP contribution < -0.4 is 9.47 Å². The molecule has 0 spiro atoms. The fourth-order valence-electron chi connectivity index (χ4n) is 3.48. The molecule has 4 rings (SSSR count). The van der Waals surface area contributed by atoms with Crippen molar-refractivity contribution in [3.63, 3.8) is 0 Å². The zero-order chi connectivity index (χ0) is 21.3. The van der Waals surface area contributed by atoms with Crippen LogP contribution in [0.15, 0.2) is 53.8 Å². The van der Waals surface area contributed by atoms with Gasteiger partial charge < -0.3 is 10.0 Å². The monoisotopic (exact) mass is 462 g/mol. The quantitative estimate of drug-likeness (QED) is 0.502. The molecule has 0 aliphatic carbocycles. The molecular formula is C20H20N3O4S3+. The number of carbonyl (C=O) groups is 3. The van der Waals surface area contributed by atoms with E-state index in [2.05, 4.69) is 0 Å². The number of rotatable bonds is 7. The maximum Gasteiger partial charge on any atom is 0.336 e. The Balaban J connectivity index is 1.49. The lowest BCUT2D eigenvalue weighted by atomic mass is 10.0. The number of carboxylic acids is 1. The molecule has 2 aliphatic heterocycles. The Labute approximate surface area is 186 Å². The van der Waals surface area contributed by atoms with Crippen molar-refractivity contribution in [2.45, 2.75) is 18.0 Å². The molecule has 1 unspecified atom stereocenters. The Morgan fingerprint density at radius 1 is 1.33 bits per heavy atom. The number of hydrogen-bond acceptors (Lipinski definition) is 6. The first-order chi connectivity index (χ1) is 14.5. The molecule has 2 aromatic heterocycles. The van der Waals surface area contributed by atoms with Gasteiger partial charge in [-0.25, -0.2) is 9.36 Å². The Morgan fingerprint density at radius 3 is 2.73 bits per heavy atom. The van der Waals surface area contributed by atoms with Crippen molar-refractivity contribution in [1.82, 2.24) is 4.90 Å². The summed E-state index contributed by atoms with van der Waals surface area (Å²) in [5.41, 5.74) is 1.30. The van der Waals surface area contributed by atoms with Gasteiger partial charge in [0, 0.05) is 29.7 Å². The summed E-state index contributed by atoms with van der Waals surface area (Å²) in [6.45, 7) is 0.577. The van der Waals surface area contributed by atoms with Gasteiger partial charge in [0.05, 0.1) is 16.3 Å². The molecular weight excluding hydrogens is 442 g/mol. The number of carbonyl (C=O) groups excluding carboxylic acids is 2. The van der Waals surface area contributed by atoms with Gasteiger partial charge in [0.1, 0.15) is 11.4 Å². The molecule has 2 aromatic rings. The third-order valence-electron chi connectivity index (χ3n) is 4.89. The highest BCUT2D eigenvalue weighted by Crippen LogP contribution is 2.41. The fraction of sp³-hybridized carbons (Fsp3) is 0.300. The van der Waals surface area contributed by atoms with Crippen LogP contribution in [0.3, 0.4) is 0 Å². The van der Waals surface area contributed by atoms with Crippen LogP contribution in [-0.2, 0) is 16.1 Å². The Hall–Kier alpha value is -2.30. The zero-order valence-electron chi connectivity index (χ0n) is 16.1. The van der Waals surface area contributed by atoms with Crippen molar-refractivity contribution in [2.75, 3.05) is 22.7 Å². The normalized spacial score (nSPS) is 20.2. The molecule has 0 radical (unpaired) electrons. The maximum atomic E-state index is 13.0. The third-order valence-corrected chi connectivity index (χ3v) is 7.66. The molecule has 1 N–H and O–H groups in total. The molecule has 1 fully saturated rings. The second kappa shape index (κ2) is 8.83. The van der Waals surface area contributed by atoms with Gasteiger partial charge in [-0.1, -0.05) is 0 Å². The number of nitrogens with zero attached hydrogens (tertiary/aromatic N) is 3. The topological polar surface area (TPSA) is 81.8 Å². The van der Waals surface area contributed by atoms with Crippen molar-refractivity contribution < 1.29 is 24.1 Å². The molecule has 7 nitrogen and oxygen atoms in total. The summed E-state index contributed by atoms with van der Waals surface area (Å²) >= 11 is 4.57. The highest BCUT2D eigenvalue weighted by atomic mass is 32.2. The first-order valence-electron chi connectivity index (χ1n) is 9.20. The van der Waals surface area contributed by atoms with Gasteiger partial charge in [-0.05, 0) is 23.8 Å². The number of β-lactam (4-membered cyclic amide) rings is 1. The lowest BCUT2D eigenvalue weighted by Crippen LogP contribution is -2.70. The second-order valence-electron chi connectivity index (χ2n) is 6.89. The van der Waals surface area contributed by atoms with E-state index >= 15 is 0 Å². The molecule has 30 heavy (non-hydrogen) atoms. The van der Waals surface area contributed by atoms with Crippen LogP contribution in [0.4, 0.5) is 5.00 Å². The van der Waals surface area contributed by atoms with Crippen LogP contribution in [0.1, 0.15) is 10.4 Å². The minimum atomic E-state index is -0.957. The molecule has 4 heterocycles. The van der Waals surface area contributed by atoms with Crippen LogP contribution in [0.5, 0.6) is 0 Å². The highest BCUT2D eigenvalue weighted by Gasteiger charge is 2.53. The van der Waals surface area contributed by atoms with Crippen LogP contribution >= 0.6 is 34.9 Å². The maximum absolute atomic E-state index is 13.0. The van der Waals surface area contributed by atoms with Gasteiger partial charge in [0.25, 0.3) is 5.91 Å². The molecule has 0 aromatic carbocycles. The minimum Gasteiger partial charge on any atom is -0.478 e. The van der Waals surface area contributed by atoms with Crippen LogP contribution in [-0.4, -0.2) is 57.0 Å². The van der Waals surface area contributed by atoms with Crippen LogP contribution in [0.2, 0.25) is 0 Å². The first kappa shape index (κ1) is 21.0. The van der Waals surface area contributed by atoms with E-state index in [-0.39, 0.29) is 22.8 Å². The van der Waals surface area contributed by atoms with Crippen molar-refractivity contribution in [3.05, 3.63) is 59.4 Å². The van der Waals surface area contributed by atoms with E-state index in [1.54, 1.807) is 46.1 Å². The summed E-state index contributed by atoms with van der Waals surface area (Å²) in [5, 5.41) is 11.6. The number of thiophene rings is 1. The van der Waals surface area contributed by atoms with E-state index in [1.165, 1.54) is 23.1 Å².